The summed E-state index contributed by atoms with van der Waals surface area (Å²) in [6, 6.07) is 2.82. The van der Waals surface area contributed by atoms with Gasteiger partial charge in [-0.3, -0.25) is 9.78 Å². The molecule has 10 heteroatoms. The van der Waals surface area contributed by atoms with E-state index < -0.39 is 29.6 Å². The average molecular weight is 465 g/mol. The zero-order valence-corrected chi connectivity index (χ0v) is 18.1. The van der Waals surface area contributed by atoms with Crippen LogP contribution in [0.3, 0.4) is 0 Å². The lowest BCUT2D eigenvalue weighted by Gasteiger charge is -2.23. The van der Waals surface area contributed by atoms with E-state index in [4.69, 9.17) is 16.3 Å². The number of rotatable bonds is 4. The molecule has 0 spiro atoms. The van der Waals surface area contributed by atoms with Crippen molar-refractivity contribution in [1.29, 1.82) is 0 Å². The van der Waals surface area contributed by atoms with Crippen LogP contribution in [0.1, 0.15) is 42.3 Å². The molecule has 1 atom stereocenters. The van der Waals surface area contributed by atoms with Crippen LogP contribution in [-0.4, -0.2) is 27.3 Å². The van der Waals surface area contributed by atoms with Gasteiger partial charge in [0.2, 0.25) is 0 Å². The Kier molecular flexibility index (Phi) is 6.21. The third-order valence-corrected chi connectivity index (χ3v) is 5.70. The van der Waals surface area contributed by atoms with Gasteiger partial charge in [-0.15, -0.1) is 0 Å². The van der Waals surface area contributed by atoms with Gasteiger partial charge in [-0.05, 0) is 45.3 Å². The first-order chi connectivity index (χ1) is 15.3. The molecule has 32 heavy (non-hydrogen) atoms. The van der Waals surface area contributed by atoms with Crippen LogP contribution < -0.4 is 5.32 Å². The monoisotopic (exact) mass is 464 g/mol. The number of nitrogens with one attached hydrogen (secondary N) is 1. The number of nitrogens with zero attached hydrogens (tertiary/aromatic N) is 3. The summed E-state index contributed by atoms with van der Waals surface area (Å²) in [7, 11) is 0. The summed E-state index contributed by atoms with van der Waals surface area (Å²) in [6.45, 7) is 3.51. The van der Waals surface area contributed by atoms with Crippen molar-refractivity contribution in [3.8, 4) is 0 Å². The summed E-state index contributed by atoms with van der Waals surface area (Å²) >= 11 is 6.17. The molecule has 1 unspecified atom stereocenters. The average Bonchev–Trinajstić information content (AvgIpc) is 3.13. The molecule has 1 saturated heterocycles. The smallest absolute Gasteiger partial charge is 0.284 e. The third-order valence-electron chi connectivity index (χ3n) is 5.43. The first-order valence-corrected chi connectivity index (χ1v) is 10.4. The van der Waals surface area contributed by atoms with Gasteiger partial charge in [-0.25, -0.2) is 17.9 Å². The van der Waals surface area contributed by atoms with Gasteiger partial charge in [0.25, 0.3) is 5.91 Å². The van der Waals surface area contributed by atoms with Crippen LogP contribution in [0.25, 0.3) is 17.0 Å². The molecule has 1 amide bonds. The number of hydrogen-bond donors (Lipinski definition) is 1. The molecule has 2 aromatic heterocycles. The van der Waals surface area contributed by atoms with E-state index in [-0.39, 0.29) is 27.5 Å². The van der Waals surface area contributed by atoms with E-state index in [9.17, 15) is 13.6 Å². The summed E-state index contributed by atoms with van der Waals surface area (Å²) in [5.41, 5.74) is 0.421. The molecule has 0 saturated carbocycles. The second-order valence-electron chi connectivity index (χ2n) is 7.56. The molecular formula is C22H20ClF3N4O2. The minimum Gasteiger partial charge on any atom is -0.356 e. The lowest BCUT2D eigenvalue weighted by Crippen LogP contribution is -2.19. The Morgan fingerprint density at radius 1 is 1.31 bits per heavy atom. The number of amides is 1. The molecule has 1 aliphatic heterocycles. The summed E-state index contributed by atoms with van der Waals surface area (Å²) in [6.07, 6.45) is 3.75. The van der Waals surface area contributed by atoms with Gasteiger partial charge in [-0.2, -0.15) is 5.10 Å². The molecule has 6 nitrogen and oxygen atoms in total. The molecule has 0 radical (unpaired) electrons. The lowest BCUT2D eigenvalue weighted by molar-refractivity contribution is -0.114. The highest BCUT2D eigenvalue weighted by molar-refractivity contribution is 6.34. The van der Waals surface area contributed by atoms with E-state index in [0.717, 1.165) is 25.1 Å². The number of halogens is 4. The van der Waals surface area contributed by atoms with Gasteiger partial charge in [0.1, 0.15) is 11.3 Å². The number of hydrogen-bond acceptors (Lipinski definition) is 4. The topological polar surface area (TPSA) is 69.0 Å². The molecule has 0 aliphatic carbocycles. The fraction of sp³-hybridized carbons (Fsp3) is 0.318. The zero-order chi connectivity index (χ0) is 23.0. The van der Waals surface area contributed by atoms with Gasteiger partial charge < -0.3 is 10.1 Å². The number of carbonyl (C=O) groups is 1. The fourth-order valence-electron chi connectivity index (χ4n) is 3.67. The van der Waals surface area contributed by atoms with Gasteiger partial charge in [0.05, 0.1) is 17.6 Å². The van der Waals surface area contributed by atoms with Crippen LogP contribution in [0.2, 0.25) is 5.15 Å². The summed E-state index contributed by atoms with van der Waals surface area (Å²) in [5, 5.41) is 6.95. The number of ether oxygens (including phenoxy) is 1. The third kappa shape index (κ3) is 4.10. The van der Waals surface area contributed by atoms with Crippen LogP contribution in [0, 0.1) is 25.5 Å². The number of carbonyl (C=O) groups excluding carboxylic acids is 1. The van der Waals surface area contributed by atoms with Crippen molar-refractivity contribution in [2.75, 3.05) is 11.9 Å². The SMILES string of the molecule is Cc1ncc(F)c(C)c1NC(=O)/C(F)=C/c1ccc2c(Cl)nn(C3CCCCO3)c2c1F. The van der Waals surface area contributed by atoms with Crippen molar-refractivity contribution in [3.05, 3.63) is 57.8 Å². The van der Waals surface area contributed by atoms with Gasteiger partial charge in [-0.1, -0.05) is 17.7 Å². The summed E-state index contributed by atoms with van der Waals surface area (Å²) in [4.78, 5) is 16.2. The normalized spacial score (nSPS) is 17.1. The van der Waals surface area contributed by atoms with Crippen LogP contribution in [-0.2, 0) is 9.53 Å². The number of pyridine rings is 1. The summed E-state index contributed by atoms with van der Waals surface area (Å²) < 4.78 is 50.8. The van der Waals surface area contributed by atoms with Gasteiger partial charge in [0.15, 0.2) is 23.0 Å². The molecule has 1 aromatic carbocycles. The second-order valence-corrected chi connectivity index (χ2v) is 7.92. The maximum atomic E-state index is 15.4. The number of fused-ring (bicyclic) bond motifs is 1. The molecule has 4 rings (SSSR count). The lowest BCUT2D eigenvalue weighted by atomic mass is 10.1. The Morgan fingerprint density at radius 2 is 2.09 bits per heavy atom. The second kappa shape index (κ2) is 8.91. The largest absolute Gasteiger partial charge is 0.356 e. The van der Waals surface area contributed by atoms with E-state index in [1.54, 1.807) is 6.92 Å². The first kappa shape index (κ1) is 22.3. The molecule has 168 valence electrons. The highest BCUT2D eigenvalue weighted by Crippen LogP contribution is 2.33. The van der Waals surface area contributed by atoms with E-state index in [2.05, 4.69) is 15.4 Å². The van der Waals surface area contributed by atoms with Crippen molar-refractivity contribution in [2.45, 2.75) is 39.3 Å². The first-order valence-electron chi connectivity index (χ1n) is 10.1. The van der Waals surface area contributed by atoms with Gasteiger partial charge >= 0.3 is 0 Å². The molecule has 1 aliphatic rings. The number of aromatic nitrogens is 3. The standard InChI is InChI=1S/C22H20ClF3N4O2/c1-11-16(25)10-27-12(2)19(11)28-22(31)15(24)9-13-6-7-14-20(18(13)26)30(29-21(14)23)17-5-3-4-8-32-17/h6-7,9-10,17H,3-5,8H2,1-2H3,(H,28,31)/b15-9-. The molecular weight excluding hydrogens is 445 g/mol. The van der Waals surface area contributed by atoms with Crippen LogP contribution in [0.4, 0.5) is 18.9 Å². The minimum atomic E-state index is -1.25. The van der Waals surface area contributed by atoms with Crippen LogP contribution in [0.15, 0.2) is 24.2 Å². The van der Waals surface area contributed by atoms with E-state index in [0.29, 0.717) is 24.1 Å². The number of anilines is 1. The Balaban J connectivity index is 1.68. The Hall–Kier alpha value is -2.91. The van der Waals surface area contributed by atoms with E-state index >= 15 is 4.39 Å². The van der Waals surface area contributed by atoms with Crippen molar-refractivity contribution < 1.29 is 22.7 Å². The molecule has 0 bridgehead atoms. The predicted octanol–water partition coefficient (Wildman–Crippen LogP) is 5.63. The maximum Gasteiger partial charge on any atom is 0.284 e. The van der Waals surface area contributed by atoms with Crippen molar-refractivity contribution in [2.24, 2.45) is 0 Å². The Bertz CT molecular complexity index is 1240. The Morgan fingerprint density at radius 3 is 2.81 bits per heavy atom. The quantitative estimate of drug-likeness (QED) is 0.508. The molecule has 1 fully saturated rings. The van der Waals surface area contributed by atoms with Crippen molar-refractivity contribution in [1.82, 2.24) is 14.8 Å². The zero-order valence-electron chi connectivity index (χ0n) is 17.4. The van der Waals surface area contributed by atoms with Crippen molar-refractivity contribution >= 4 is 40.2 Å². The van der Waals surface area contributed by atoms with Crippen LogP contribution >= 0.6 is 11.6 Å². The highest BCUT2D eigenvalue weighted by atomic mass is 35.5. The highest BCUT2D eigenvalue weighted by Gasteiger charge is 2.24. The minimum absolute atomic E-state index is 0.0637. The Labute approximate surface area is 187 Å². The van der Waals surface area contributed by atoms with Gasteiger partial charge in [0, 0.05) is 23.1 Å². The molecule has 3 aromatic rings. The molecule has 1 N–H and O–H groups in total. The van der Waals surface area contributed by atoms with E-state index in [1.165, 1.54) is 23.7 Å². The maximum absolute atomic E-state index is 15.4. The predicted molar refractivity (Wildman–Crippen MR) is 115 cm³/mol. The number of benzene rings is 1. The molecule has 3 heterocycles. The summed E-state index contributed by atoms with van der Waals surface area (Å²) in [5.74, 6) is -3.82. The van der Waals surface area contributed by atoms with E-state index in [1.807, 2.05) is 0 Å². The van der Waals surface area contributed by atoms with Crippen LogP contribution in [0.5, 0.6) is 0 Å². The fourth-order valence-corrected chi connectivity index (χ4v) is 3.90. The number of aryl methyl sites for hydroxylation is 1. The van der Waals surface area contributed by atoms with Crippen molar-refractivity contribution in [3.63, 3.8) is 0 Å².